The van der Waals surface area contributed by atoms with Crippen LogP contribution in [0, 0.1) is 0 Å². The molecule has 3 nitrogen and oxygen atoms in total. The van der Waals surface area contributed by atoms with Crippen molar-refractivity contribution in [3.05, 3.63) is 94.4 Å². The molecule has 0 N–H and O–H groups in total. The highest BCUT2D eigenvalue weighted by molar-refractivity contribution is 6.31. The van der Waals surface area contributed by atoms with Crippen molar-refractivity contribution < 1.29 is 14.3 Å². The van der Waals surface area contributed by atoms with E-state index in [1.54, 1.807) is 24.3 Å². The van der Waals surface area contributed by atoms with Gasteiger partial charge in [-0.25, -0.2) is 0 Å². The van der Waals surface area contributed by atoms with Gasteiger partial charge in [-0.1, -0.05) is 36.4 Å². The Labute approximate surface area is 176 Å². The molecule has 0 aliphatic rings. The highest BCUT2D eigenvalue weighted by atomic mass is 35.5. The van der Waals surface area contributed by atoms with Crippen LogP contribution in [-0.2, 0) is 22.3 Å². The second-order valence-electron chi connectivity index (χ2n) is 6.21. The van der Waals surface area contributed by atoms with Crippen molar-refractivity contribution in [1.82, 2.24) is 0 Å². The van der Waals surface area contributed by atoms with Crippen LogP contribution in [0.4, 0.5) is 0 Å². The average molecular weight is 419 g/mol. The summed E-state index contributed by atoms with van der Waals surface area (Å²) in [5.41, 5.74) is 3.10. The molecule has 0 aliphatic carbocycles. The van der Waals surface area contributed by atoms with Crippen molar-refractivity contribution in [2.75, 3.05) is 13.2 Å². The van der Waals surface area contributed by atoms with Crippen LogP contribution >= 0.6 is 23.2 Å². The van der Waals surface area contributed by atoms with E-state index in [-0.39, 0.29) is 5.78 Å². The van der Waals surface area contributed by atoms with E-state index in [0.717, 1.165) is 24.0 Å². The van der Waals surface area contributed by atoms with E-state index in [2.05, 4.69) is 13.2 Å². The lowest BCUT2D eigenvalue weighted by molar-refractivity contribution is 0.103. The van der Waals surface area contributed by atoms with Crippen LogP contribution in [0.5, 0.6) is 0 Å². The van der Waals surface area contributed by atoms with E-state index >= 15 is 0 Å². The Balaban J connectivity index is 2.27. The Hall–Kier alpha value is -2.23. The number of ether oxygens (including phenoxy) is 2. The van der Waals surface area contributed by atoms with Crippen molar-refractivity contribution in [3.63, 3.8) is 0 Å². The molecule has 0 atom stereocenters. The van der Waals surface area contributed by atoms with Crippen LogP contribution in [0.25, 0.3) is 0 Å². The summed E-state index contributed by atoms with van der Waals surface area (Å²) >= 11 is 12.3. The molecule has 0 radical (unpaired) electrons. The zero-order chi connectivity index (χ0) is 20.4. The Morgan fingerprint density at radius 2 is 1.25 bits per heavy atom. The van der Waals surface area contributed by atoms with Gasteiger partial charge in [0.1, 0.15) is 0 Å². The van der Waals surface area contributed by atoms with Gasteiger partial charge in [-0.15, -0.1) is 0 Å². The van der Waals surface area contributed by atoms with Crippen molar-refractivity contribution in [2.24, 2.45) is 0 Å². The fraction of sp³-hybridized carbons (Fsp3) is 0.261. The lowest BCUT2D eigenvalue weighted by atomic mass is 9.92. The Morgan fingerprint density at radius 3 is 1.64 bits per heavy atom. The normalized spacial score (nSPS) is 10.4. The molecule has 0 aromatic heterocycles. The molecule has 0 unspecified atom stereocenters. The van der Waals surface area contributed by atoms with Gasteiger partial charge < -0.3 is 9.47 Å². The minimum absolute atomic E-state index is 0.0346. The Kier molecular flexibility index (Phi) is 9.12. The minimum atomic E-state index is -0.0346. The highest BCUT2D eigenvalue weighted by Gasteiger charge is 2.17. The molecule has 0 heterocycles. The van der Waals surface area contributed by atoms with Crippen molar-refractivity contribution >= 4 is 29.0 Å². The second kappa shape index (κ2) is 11.6. The van der Waals surface area contributed by atoms with Crippen molar-refractivity contribution in [1.29, 1.82) is 0 Å². The molecular weight excluding hydrogens is 395 g/mol. The summed E-state index contributed by atoms with van der Waals surface area (Å²) < 4.78 is 10.4. The number of ketones is 1. The fourth-order valence-corrected chi connectivity index (χ4v) is 3.37. The molecule has 0 fully saturated rings. The van der Waals surface area contributed by atoms with Gasteiger partial charge in [0.15, 0.2) is 5.78 Å². The first-order valence-electron chi connectivity index (χ1n) is 9.13. The molecule has 0 amide bonds. The van der Waals surface area contributed by atoms with E-state index in [0.29, 0.717) is 47.2 Å². The van der Waals surface area contributed by atoms with Crippen molar-refractivity contribution in [3.8, 4) is 0 Å². The molecule has 0 bridgehead atoms. The van der Waals surface area contributed by atoms with E-state index in [4.69, 9.17) is 32.7 Å². The van der Waals surface area contributed by atoms with Crippen LogP contribution in [0.3, 0.4) is 0 Å². The van der Waals surface area contributed by atoms with Gasteiger partial charge in [-0.3, -0.25) is 4.79 Å². The molecule has 2 aromatic rings. The molecule has 5 heteroatoms. The quantitative estimate of drug-likeness (QED) is 0.227. The van der Waals surface area contributed by atoms with Crippen LogP contribution in [-0.4, -0.2) is 19.0 Å². The lowest BCUT2D eigenvalue weighted by Gasteiger charge is -2.13. The molecular formula is C23H24Cl2O3. The van der Waals surface area contributed by atoms with E-state index in [1.165, 1.54) is 12.5 Å². The summed E-state index contributed by atoms with van der Waals surface area (Å²) in [6, 6.07) is 10.7. The summed E-state index contributed by atoms with van der Waals surface area (Å²) in [6.07, 6.45) is 5.73. The zero-order valence-corrected chi connectivity index (χ0v) is 17.3. The Bertz CT molecular complexity index is 763. The third kappa shape index (κ3) is 6.43. The lowest BCUT2D eigenvalue weighted by Crippen LogP contribution is -2.10. The Morgan fingerprint density at radius 1 is 0.821 bits per heavy atom. The summed E-state index contributed by atoms with van der Waals surface area (Å²) in [5, 5.41) is 1.21. The first-order chi connectivity index (χ1) is 13.6. The van der Waals surface area contributed by atoms with Crippen molar-refractivity contribution in [2.45, 2.75) is 25.7 Å². The van der Waals surface area contributed by atoms with Gasteiger partial charge in [-0.05, 0) is 73.2 Å². The third-order valence-electron chi connectivity index (χ3n) is 4.28. The van der Waals surface area contributed by atoms with Crippen LogP contribution in [0.15, 0.2) is 62.1 Å². The number of hydrogen-bond donors (Lipinski definition) is 0. The molecule has 2 rings (SSSR count). The molecule has 0 aliphatic heterocycles. The van der Waals surface area contributed by atoms with E-state index < -0.39 is 0 Å². The first-order valence-corrected chi connectivity index (χ1v) is 9.89. The smallest absolute Gasteiger partial charge is 0.193 e. The third-order valence-corrected chi connectivity index (χ3v) is 4.75. The predicted octanol–water partition coefficient (Wildman–Crippen LogP) is 6.41. The minimum Gasteiger partial charge on any atom is -0.502 e. The standard InChI is InChI=1S/C23H24Cl2O3/c1-3-27-13-5-7-17-15-19(24)9-11-21(17)23(26)22-12-10-20(25)16-18(22)8-6-14-28-4-2/h3-4,9-12,15-16H,1-2,5-8,13-14H2. The van der Waals surface area contributed by atoms with Gasteiger partial charge in [0.25, 0.3) is 0 Å². The number of benzene rings is 2. The maximum absolute atomic E-state index is 13.3. The molecule has 0 saturated heterocycles. The van der Waals surface area contributed by atoms with Crippen LogP contribution in [0.2, 0.25) is 10.0 Å². The predicted molar refractivity (Wildman–Crippen MR) is 115 cm³/mol. The second-order valence-corrected chi connectivity index (χ2v) is 7.09. The largest absolute Gasteiger partial charge is 0.502 e. The van der Waals surface area contributed by atoms with Gasteiger partial charge in [0.05, 0.1) is 25.7 Å². The van der Waals surface area contributed by atoms with Gasteiger partial charge >= 0.3 is 0 Å². The first kappa shape index (κ1) is 22.1. The number of aryl methyl sites for hydroxylation is 2. The maximum Gasteiger partial charge on any atom is 0.193 e. The topological polar surface area (TPSA) is 35.5 Å². The van der Waals surface area contributed by atoms with Gasteiger partial charge in [-0.2, -0.15) is 0 Å². The fourth-order valence-electron chi connectivity index (χ4n) is 2.98. The summed E-state index contributed by atoms with van der Waals surface area (Å²) in [7, 11) is 0. The maximum atomic E-state index is 13.3. The molecule has 28 heavy (non-hydrogen) atoms. The number of hydrogen-bond acceptors (Lipinski definition) is 3. The van der Waals surface area contributed by atoms with E-state index in [1.807, 2.05) is 12.1 Å². The zero-order valence-electron chi connectivity index (χ0n) is 15.8. The molecule has 148 valence electrons. The molecule has 0 spiro atoms. The summed E-state index contributed by atoms with van der Waals surface area (Å²) in [4.78, 5) is 13.3. The number of carbonyl (C=O) groups excluding carboxylic acids is 1. The summed E-state index contributed by atoms with van der Waals surface area (Å²) in [5.74, 6) is -0.0346. The van der Waals surface area contributed by atoms with Gasteiger partial charge in [0.2, 0.25) is 0 Å². The van der Waals surface area contributed by atoms with E-state index in [9.17, 15) is 4.79 Å². The van der Waals surface area contributed by atoms with Gasteiger partial charge in [0, 0.05) is 21.2 Å². The molecule has 0 saturated carbocycles. The van der Waals surface area contributed by atoms with Crippen LogP contribution in [0.1, 0.15) is 39.9 Å². The SMILES string of the molecule is C=COCCCc1cc(Cl)ccc1C(=O)c1ccc(Cl)cc1CCCOC=C. The molecule has 2 aromatic carbocycles. The number of carbonyl (C=O) groups is 1. The highest BCUT2D eigenvalue weighted by Crippen LogP contribution is 2.25. The average Bonchev–Trinajstić information content (AvgIpc) is 2.68. The summed E-state index contributed by atoms with van der Waals surface area (Å²) in [6.45, 7) is 8.15. The number of halogens is 2. The van der Waals surface area contributed by atoms with Crippen LogP contribution < -0.4 is 0 Å². The number of rotatable bonds is 12. The monoisotopic (exact) mass is 418 g/mol.